The standard InChI is InChI=1S/C18H19FN2O3/c1-2-12-5-3-4-6-15(12)21-18(24)17(23)20-11-16(22)13-7-9-14(19)10-8-13/h3-10,16,22H,2,11H2,1H3,(H,20,23)(H,21,24). The molecule has 24 heavy (non-hydrogen) atoms. The van der Waals surface area contributed by atoms with Crippen LogP contribution in [0.5, 0.6) is 0 Å². The molecule has 0 saturated carbocycles. The summed E-state index contributed by atoms with van der Waals surface area (Å²) in [5.74, 6) is -2.06. The van der Waals surface area contributed by atoms with E-state index in [1.54, 1.807) is 12.1 Å². The molecule has 0 aliphatic heterocycles. The Morgan fingerprint density at radius 2 is 1.75 bits per heavy atom. The van der Waals surface area contributed by atoms with E-state index in [1.807, 2.05) is 19.1 Å². The van der Waals surface area contributed by atoms with Crippen LogP contribution in [0.25, 0.3) is 0 Å². The normalized spacial score (nSPS) is 11.6. The molecule has 0 aliphatic carbocycles. The van der Waals surface area contributed by atoms with Crippen LogP contribution in [0.1, 0.15) is 24.2 Å². The van der Waals surface area contributed by atoms with Gasteiger partial charge < -0.3 is 15.7 Å². The van der Waals surface area contributed by atoms with Crippen LogP contribution in [-0.4, -0.2) is 23.5 Å². The number of aliphatic hydroxyl groups is 1. The van der Waals surface area contributed by atoms with E-state index in [0.29, 0.717) is 11.3 Å². The summed E-state index contributed by atoms with van der Waals surface area (Å²) in [4.78, 5) is 23.8. The molecule has 0 aromatic heterocycles. The van der Waals surface area contributed by atoms with Gasteiger partial charge in [-0.15, -0.1) is 0 Å². The van der Waals surface area contributed by atoms with E-state index in [4.69, 9.17) is 0 Å². The van der Waals surface area contributed by atoms with E-state index < -0.39 is 23.7 Å². The second kappa shape index (κ2) is 8.21. The molecule has 2 aromatic rings. The summed E-state index contributed by atoms with van der Waals surface area (Å²) in [6.45, 7) is 1.80. The number of nitrogens with one attached hydrogen (secondary N) is 2. The topological polar surface area (TPSA) is 78.4 Å². The second-order valence-electron chi connectivity index (χ2n) is 5.24. The van der Waals surface area contributed by atoms with Crippen LogP contribution in [0.15, 0.2) is 48.5 Å². The lowest BCUT2D eigenvalue weighted by molar-refractivity contribution is -0.136. The zero-order valence-electron chi connectivity index (χ0n) is 13.3. The van der Waals surface area contributed by atoms with Crippen molar-refractivity contribution in [1.29, 1.82) is 0 Å². The molecule has 0 heterocycles. The molecule has 0 radical (unpaired) electrons. The number of para-hydroxylation sites is 1. The Hall–Kier alpha value is -2.73. The molecule has 2 rings (SSSR count). The molecule has 0 fully saturated rings. The molecule has 0 bridgehead atoms. The Kier molecular flexibility index (Phi) is 6.03. The fourth-order valence-corrected chi connectivity index (χ4v) is 2.20. The minimum Gasteiger partial charge on any atom is -0.387 e. The second-order valence-corrected chi connectivity index (χ2v) is 5.24. The number of carbonyl (C=O) groups excluding carboxylic acids is 2. The average molecular weight is 330 g/mol. The third-order valence-corrected chi connectivity index (χ3v) is 3.56. The smallest absolute Gasteiger partial charge is 0.313 e. The van der Waals surface area contributed by atoms with E-state index in [-0.39, 0.29) is 6.54 Å². The van der Waals surface area contributed by atoms with Crippen LogP contribution >= 0.6 is 0 Å². The van der Waals surface area contributed by atoms with Gasteiger partial charge in [-0.25, -0.2) is 4.39 Å². The van der Waals surface area contributed by atoms with Gasteiger partial charge in [0, 0.05) is 12.2 Å². The van der Waals surface area contributed by atoms with Crippen molar-refractivity contribution in [3.8, 4) is 0 Å². The number of halogens is 1. The maximum absolute atomic E-state index is 12.8. The maximum Gasteiger partial charge on any atom is 0.313 e. The number of anilines is 1. The molecule has 5 nitrogen and oxygen atoms in total. The molecule has 2 amide bonds. The van der Waals surface area contributed by atoms with E-state index in [9.17, 15) is 19.1 Å². The van der Waals surface area contributed by atoms with Gasteiger partial charge in [-0.1, -0.05) is 37.3 Å². The summed E-state index contributed by atoms with van der Waals surface area (Å²) >= 11 is 0. The van der Waals surface area contributed by atoms with Crippen LogP contribution < -0.4 is 10.6 Å². The maximum atomic E-state index is 12.8. The van der Waals surface area contributed by atoms with Crippen molar-refractivity contribution in [3.05, 3.63) is 65.5 Å². The predicted molar refractivity (Wildman–Crippen MR) is 88.8 cm³/mol. The van der Waals surface area contributed by atoms with Gasteiger partial charge in [0.2, 0.25) is 0 Å². The number of rotatable bonds is 5. The van der Waals surface area contributed by atoms with Gasteiger partial charge in [-0.3, -0.25) is 9.59 Å². The number of hydrogen-bond donors (Lipinski definition) is 3. The van der Waals surface area contributed by atoms with E-state index in [1.165, 1.54) is 24.3 Å². The van der Waals surface area contributed by atoms with Gasteiger partial charge in [0.1, 0.15) is 5.82 Å². The number of amides is 2. The number of aryl methyl sites for hydroxylation is 1. The van der Waals surface area contributed by atoms with E-state index >= 15 is 0 Å². The molecular formula is C18H19FN2O3. The first-order chi connectivity index (χ1) is 11.5. The number of carbonyl (C=O) groups is 2. The molecule has 0 saturated heterocycles. The lowest BCUT2D eigenvalue weighted by Gasteiger charge is -2.13. The number of benzene rings is 2. The number of hydrogen-bond acceptors (Lipinski definition) is 3. The first kappa shape index (κ1) is 17.6. The minimum atomic E-state index is -1.02. The molecule has 1 unspecified atom stereocenters. The number of aliphatic hydroxyl groups excluding tert-OH is 1. The van der Waals surface area contributed by atoms with Crippen LogP contribution in [0.2, 0.25) is 0 Å². The summed E-state index contributed by atoms with van der Waals surface area (Å²) in [7, 11) is 0. The van der Waals surface area contributed by atoms with Gasteiger partial charge >= 0.3 is 11.8 Å². The Morgan fingerprint density at radius 3 is 2.42 bits per heavy atom. The summed E-state index contributed by atoms with van der Waals surface area (Å²) in [6.07, 6.45) is -0.299. The van der Waals surface area contributed by atoms with Crippen molar-refractivity contribution in [2.75, 3.05) is 11.9 Å². The molecule has 1 atom stereocenters. The van der Waals surface area contributed by atoms with Crippen LogP contribution in [0.3, 0.4) is 0 Å². The first-order valence-electron chi connectivity index (χ1n) is 7.62. The molecule has 2 aromatic carbocycles. The van der Waals surface area contributed by atoms with Gasteiger partial charge in [0.25, 0.3) is 0 Å². The van der Waals surface area contributed by atoms with Crippen molar-refractivity contribution >= 4 is 17.5 Å². The Balaban J connectivity index is 1.89. The fourth-order valence-electron chi connectivity index (χ4n) is 2.20. The van der Waals surface area contributed by atoms with E-state index in [2.05, 4.69) is 10.6 Å². The van der Waals surface area contributed by atoms with Crippen LogP contribution in [-0.2, 0) is 16.0 Å². The van der Waals surface area contributed by atoms with Crippen molar-refractivity contribution < 1.29 is 19.1 Å². The lowest BCUT2D eigenvalue weighted by atomic mass is 10.1. The molecule has 3 N–H and O–H groups in total. The van der Waals surface area contributed by atoms with Gasteiger partial charge in [0.15, 0.2) is 0 Å². The summed E-state index contributed by atoms with van der Waals surface area (Å²) in [5.41, 5.74) is 1.96. The molecule has 0 aliphatic rings. The monoisotopic (exact) mass is 330 g/mol. The van der Waals surface area contributed by atoms with Crippen LogP contribution in [0.4, 0.5) is 10.1 Å². The highest BCUT2D eigenvalue weighted by Gasteiger charge is 2.16. The summed E-state index contributed by atoms with van der Waals surface area (Å²) in [6, 6.07) is 12.5. The lowest BCUT2D eigenvalue weighted by Crippen LogP contribution is -2.37. The molecule has 0 spiro atoms. The van der Waals surface area contributed by atoms with Crippen molar-refractivity contribution in [2.24, 2.45) is 0 Å². The summed E-state index contributed by atoms with van der Waals surface area (Å²) in [5, 5.41) is 14.9. The third-order valence-electron chi connectivity index (χ3n) is 3.56. The quantitative estimate of drug-likeness (QED) is 0.735. The molecule has 126 valence electrons. The zero-order chi connectivity index (χ0) is 17.5. The minimum absolute atomic E-state index is 0.146. The van der Waals surface area contributed by atoms with Crippen molar-refractivity contribution in [1.82, 2.24) is 5.32 Å². The van der Waals surface area contributed by atoms with Crippen molar-refractivity contribution in [3.63, 3.8) is 0 Å². The highest BCUT2D eigenvalue weighted by atomic mass is 19.1. The fraction of sp³-hybridized carbons (Fsp3) is 0.222. The average Bonchev–Trinajstić information content (AvgIpc) is 2.60. The SMILES string of the molecule is CCc1ccccc1NC(=O)C(=O)NCC(O)c1ccc(F)cc1. The highest BCUT2D eigenvalue weighted by Crippen LogP contribution is 2.15. The predicted octanol–water partition coefficient (Wildman–Crippen LogP) is 2.18. The third kappa shape index (κ3) is 4.63. The summed E-state index contributed by atoms with van der Waals surface area (Å²) < 4.78 is 12.8. The zero-order valence-corrected chi connectivity index (χ0v) is 13.3. The Bertz CT molecular complexity index is 716. The van der Waals surface area contributed by atoms with E-state index in [0.717, 1.165) is 12.0 Å². The van der Waals surface area contributed by atoms with Gasteiger partial charge in [-0.2, -0.15) is 0 Å². The van der Waals surface area contributed by atoms with Gasteiger partial charge in [0.05, 0.1) is 6.10 Å². The van der Waals surface area contributed by atoms with Crippen LogP contribution in [0, 0.1) is 5.82 Å². The van der Waals surface area contributed by atoms with Crippen molar-refractivity contribution in [2.45, 2.75) is 19.4 Å². The Labute approximate surface area is 139 Å². The highest BCUT2D eigenvalue weighted by molar-refractivity contribution is 6.39. The largest absolute Gasteiger partial charge is 0.387 e. The first-order valence-corrected chi connectivity index (χ1v) is 7.62. The molecule has 6 heteroatoms. The molecular weight excluding hydrogens is 311 g/mol. The Morgan fingerprint density at radius 1 is 1.08 bits per heavy atom. The van der Waals surface area contributed by atoms with Gasteiger partial charge in [-0.05, 0) is 35.7 Å².